The summed E-state index contributed by atoms with van der Waals surface area (Å²) in [6, 6.07) is 19.8. The van der Waals surface area contributed by atoms with Gasteiger partial charge in [0.05, 0.1) is 35.8 Å². The fraction of sp³-hybridized carbons (Fsp3) is 0.143. The van der Waals surface area contributed by atoms with Crippen LogP contribution in [0.5, 0.6) is 11.5 Å². The lowest BCUT2D eigenvalue weighted by molar-refractivity contribution is -0.147. The van der Waals surface area contributed by atoms with Gasteiger partial charge in [-0.2, -0.15) is 9.78 Å². The summed E-state index contributed by atoms with van der Waals surface area (Å²) in [7, 11) is 2.77. The van der Waals surface area contributed by atoms with Crippen molar-refractivity contribution in [3.05, 3.63) is 87.1 Å². The second-order valence-electron chi connectivity index (χ2n) is 8.28. The molecule has 2 heterocycles. The van der Waals surface area contributed by atoms with Gasteiger partial charge in [-0.15, -0.1) is 0 Å². The van der Waals surface area contributed by atoms with Crippen LogP contribution < -0.4 is 15.0 Å². The number of esters is 1. The molecule has 9 nitrogen and oxygen atoms in total. The van der Waals surface area contributed by atoms with Gasteiger partial charge in [-0.1, -0.05) is 30.3 Å². The zero-order valence-electron chi connectivity index (χ0n) is 20.7. The predicted octanol–water partition coefficient (Wildman–Crippen LogP) is 5.40. The predicted molar refractivity (Wildman–Crippen MR) is 147 cm³/mol. The number of fused-ring (bicyclic) bond motifs is 2. The van der Waals surface area contributed by atoms with Gasteiger partial charge in [0.25, 0.3) is 5.56 Å². The van der Waals surface area contributed by atoms with Gasteiger partial charge in [0.2, 0.25) is 5.82 Å². The van der Waals surface area contributed by atoms with Crippen molar-refractivity contribution in [1.29, 1.82) is 0 Å². The van der Waals surface area contributed by atoms with Crippen molar-refractivity contribution in [1.82, 2.24) is 9.66 Å². The molecule has 0 radical (unpaired) electrons. The van der Waals surface area contributed by atoms with E-state index in [2.05, 4.69) is 21.0 Å². The fourth-order valence-electron chi connectivity index (χ4n) is 3.93. The Hall–Kier alpha value is -4.44. The van der Waals surface area contributed by atoms with E-state index in [1.165, 1.54) is 25.1 Å². The smallest absolute Gasteiger partial charge is 0.346 e. The molecule has 2 aromatic heterocycles. The molecule has 0 aliphatic rings. The van der Waals surface area contributed by atoms with Gasteiger partial charge < -0.3 is 18.6 Å². The van der Waals surface area contributed by atoms with Crippen molar-refractivity contribution < 1.29 is 23.4 Å². The first kappa shape index (κ1) is 25.2. The third-order valence-corrected chi connectivity index (χ3v) is 6.39. The van der Waals surface area contributed by atoms with Crippen LogP contribution in [0.4, 0.5) is 0 Å². The summed E-state index contributed by atoms with van der Waals surface area (Å²) in [6.07, 6.45) is 0.656. The Morgan fingerprint density at radius 3 is 2.63 bits per heavy atom. The minimum Gasteiger partial charge on any atom is -0.493 e. The highest BCUT2D eigenvalue weighted by molar-refractivity contribution is 9.10. The number of carbonyl (C=O) groups excluding carboxylic acids is 1. The van der Waals surface area contributed by atoms with Gasteiger partial charge in [0.15, 0.2) is 23.4 Å². The number of aromatic nitrogens is 2. The summed E-state index contributed by atoms with van der Waals surface area (Å²) in [5.74, 6) is 0.837. The van der Waals surface area contributed by atoms with E-state index in [1.807, 2.05) is 36.4 Å². The Bertz CT molecular complexity index is 1720. The van der Waals surface area contributed by atoms with Crippen molar-refractivity contribution in [3.63, 3.8) is 0 Å². The van der Waals surface area contributed by atoms with E-state index < -0.39 is 12.1 Å². The summed E-state index contributed by atoms with van der Waals surface area (Å²) in [5.41, 5.74) is 1.46. The normalized spacial score (nSPS) is 12.2. The van der Waals surface area contributed by atoms with Gasteiger partial charge in [-0.05, 0) is 64.8 Å². The molecule has 0 fully saturated rings. The van der Waals surface area contributed by atoms with Crippen LogP contribution in [-0.4, -0.2) is 42.2 Å². The number of hydrogen-bond donors (Lipinski definition) is 0. The largest absolute Gasteiger partial charge is 0.493 e. The van der Waals surface area contributed by atoms with Gasteiger partial charge >= 0.3 is 5.97 Å². The third kappa shape index (κ3) is 4.78. The zero-order valence-corrected chi connectivity index (χ0v) is 22.3. The fourth-order valence-corrected chi connectivity index (χ4v) is 4.48. The molecule has 5 rings (SSSR count). The first-order valence-corrected chi connectivity index (χ1v) is 12.4. The van der Waals surface area contributed by atoms with Crippen molar-refractivity contribution in [3.8, 4) is 23.1 Å². The molecule has 5 aromatic rings. The minimum atomic E-state index is -0.849. The summed E-state index contributed by atoms with van der Waals surface area (Å²) in [5, 5.41) is 5.79. The van der Waals surface area contributed by atoms with Crippen molar-refractivity contribution in [2.24, 2.45) is 5.10 Å². The quantitative estimate of drug-likeness (QED) is 0.189. The van der Waals surface area contributed by atoms with Crippen molar-refractivity contribution in [2.75, 3.05) is 14.2 Å². The van der Waals surface area contributed by atoms with Crippen LogP contribution in [0.2, 0.25) is 0 Å². The molecule has 192 valence electrons. The Morgan fingerprint density at radius 1 is 1.11 bits per heavy atom. The molecule has 0 saturated carbocycles. The molecule has 0 aliphatic carbocycles. The molecule has 10 heteroatoms. The molecular formula is C28H22BrN3O6. The Balaban J connectivity index is 1.60. The molecule has 0 spiro atoms. The molecule has 0 N–H and O–H groups in total. The number of nitrogens with zero attached hydrogens (tertiary/aromatic N) is 3. The first-order valence-electron chi connectivity index (χ1n) is 11.6. The summed E-state index contributed by atoms with van der Waals surface area (Å²) in [4.78, 5) is 30.0. The molecular weight excluding hydrogens is 554 g/mol. The van der Waals surface area contributed by atoms with E-state index in [-0.39, 0.29) is 11.4 Å². The Kier molecular flexibility index (Phi) is 6.97. The number of hydrogen-bond acceptors (Lipinski definition) is 8. The maximum Gasteiger partial charge on any atom is 0.346 e. The monoisotopic (exact) mass is 575 g/mol. The van der Waals surface area contributed by atoms with Crippen molar-refractivity contribution in [2.45, 2.75) is 13.0 Å². The van der Waals surface area contributed by atoms with Crippen LogP contribution in [0.1, 0.15) is 12.5 Å². The van der Waals surface area contributed by atoms with E-state index in [1.54, 1.807) is 37.3 Å². The van der Waals surface area contributed by atoms with Crippen LogP contribution in [-0.2, 0) is 9.53 Å². The SMILES string of the molecule is COC(=O)[C@H](C)Oc1c(Br)cc(C=Nn2c(-c3cc4ccccc4o3)nc3ccccc3c2=O)cc1OC. The van der Waals surface area contributed by atoms with Gasteiger partial charge in [0, 0.05) is 5.39 Å². The average Bonchev–Trinajstić information content (AvgIpc) is 3.37. The molecule has 0 unspecified atom stereocenters. The van der Waals surface area contributed by atoms with Gasteiger partial charge in [-0.3, -0.25) is 4.79 Å². The van der Waals surface area contributed by atoms with Crippen LogP contribution in [0.15, 0.2) is 85.5 Å². The highest BCUT2D eigenvalue weighted by Crippen LogP contribution is 2.37. The maximum atomic E-state index is 13.5. The number of para-hydroxylation sites is 2. The molecule has 38 heavy (non-hydrogen) atoms. The lowest BCUT2D eigenvalue weighted by atomic mass is 10.2. The van der Waals surface area contributed by atoms with E-state index in [9.17, 15) is 9.59 Å². The van der Waals surface area contributed by atoms with Gasteiger partial charge in [0.1, 0.15) is 5.58 Å². The Morgan fingerprint density at radius 2 is 1.87 bits per heavy atom. The maximum absolute atomic E-state index is 13.5. The minimum absolute atomic E-state index is 0.263. The number of halogens is 1. The highest BCUT2D eigenvalue weighted by atomic mass is 79.9. The van der Waals surface area contributed by atoms with Gasteiger partial charge in [-0.25, -0.2) is 9.78 Å². The van der Waals surface area contributed by atoms with E-state index in [4.69, 9.17) is 23.6 Å². The molecule has 0 bridgehead atoms. The lowest BCUT2D eigenvalue weighted by Gasteiger charge is -2.17. The highest BCUT2D eigenvalue weighted by Gasteiger charge is 2.20. The number of benzene rings is 3. The third-order valence-electron chi connectivity index (χ3n) is 5.80. The number of carbonyl (C=O) groups is 1. The molecule has 0 aliphatic heterocycles. The summed E-state index contributed by atoms with van der Waals surface area (Å²) >= 11 is 3.47. The number of ether oxygens (including phenoxy) is 3. The Labute approximate surface area is 225 Å². The first-order chi connectivity index (χ1) is 18.4. The van der Waals surface area contributed by atoms with E-state index in [0.29, 0.717) is 43.8 Å². The molecule has 3 aromatic carbocycles. The standard InChI is InChI=1S/C28H22BrN3O6/c1-16(28(34)36-3)37-25-20(29)12-17(13-23(25)35-2)15-30-32-26(24-14-18-8-4-7-11-22(18)38-24)31-21-10-6-5-9-19(21)27(32)33/h4-16H,1-3H3/t16-/m0/s1. The van der Waals surface area contributed by atoms with Crippen LogP contribution in [0, 0.1) is 0 Å². The topological polar surface area (TPSA) is 105 Å². The van der Waals surface area contributed by atoms with E-state index in [0.717, 1.165) is 5.39 Å². The number of furan rings is 1. The van der Waals surface area contributed by atoms with Crippen LogP contribution >= 0.6 is 15.9 Å². The van der Waals surface area contributed by atoms with Crippen LogP contribution in [0.25, 0.3) is 33.5 Å². The number of methoxy groups -OCH3 is 2. The molecule has 0 saturated heterocycles. The summed E-state index contributed by atoms with van der Waals surface area (Å²) in [6.45, 7) is 1.58. The number of rotatable bonds is 7. The lowest BCUT2D eigenvalue weighted by Crippen LogP contribution is -2.25. The second kappa shape index (κ2) is 10.5. The molecule has 1 atom stereocenters. The summed E-state index contributed by atoms with van der Waals surface area (Å²) < 4.78 is 23.7. The zero-order chi connectivity index (χ0) is 26.8. The second-order valence-corrected chi connectivity index (χ2v) is 9.13. The molecule has 0 amide bonds. The van der Waals surface area contributed by atoms with E-state index >= 15 is 0 Å². The average molecular weight is 576 g/mol. The van der Waals surface area contributed by atoms with Crippen LogP contribution in [0.3, 0.4) is 0 Å². The van der Waals surface area contributed by atoms with Crippen molar-refractivity contribution >= 4 is 50.0 Å².